The van der Waals surface area contributed by atoms with Crippen molar-refractivity contribution in [3.05, 3.63) is 58.1 Å². The Morgan fingerprint density at radius 2 is 1.96 bits per heavy atom. The number of H-pyrrole nitrogens is 1. The lowest BCUT2D eigenvalue weighted by atomic mass is 9.95. The SMILES string of the molecule is Cc1cccc(NC(=O)C2CCN(C(=O)c3ccc[nH]c3=O)CC2)n1. The van der Waals surface area contributed by atoms with Crippen molar-refractivity contribution < 1.29 is 9.59 Å². The number of carbonyl (C=O) groups excluding carboxylic acids is 2. The highest BCUT2D eigenvalue weighted by molar-refractivity contribution is 5.94. The van der Waals surface area contributed by atoms with Crippen molar-refractivity contribution >= 4 is 17.6 Å². The van der Waals surface area contributed by atoms with Gasteiger partial charge in [0.15, 0.2) is 0 Å². The molecule has 0 atom stereocenters. The smallest absolute Gasteiger partial charge is 0.260 e. The molecule has 2 aromatic rings. The average molecular weight is 340 g/mol. The van der Waals surface area contributed by atoms with Crippen LogP contribution in [0.3, 0.4) is 0 Å². The molecule has 0 unspecified atom stereocenters. The van der Waals surface area contributed by atoms with Crippen molar-refractivity contribution in [1.82, 2.24) is 14.9 Å². The van der Waals surface area contributed by atoms with Gasteiger partial charge in [0, 0.05) is 30.9 Å². The van der Waals surface area contributed by atoms with Crippen LogP contribution in [-0.4, -0.2) is 39.8 Å². The first kappa shape index (κ1) is 16.9. The number of hydrogen-bond donors (Lipinski definition) is 2. The van der Waals surface area contributed by atoms with Crippen molar-refractivity contribution in [3.63, 3.8) is 0 Å². The number of rotatable bonds is 3. The first-order valence-corrected chi connectivity index (χ1v) is 8.26. The molecule has 0 aliphatic carbocycles. The summed E-state index contributed by atoms with van der Waals surface area (Å²) >= 11 is 0. The molecule has 130 valence electrons. The van der Waals surface area contributed by atoms with Crippen LogP contribution < -0.4 is 10.9 Å². The van der Waals surface area contributed by atoms with Gasteiger partial charge in [0.05, 0.1) is 0 Å². The molecule has 1 aliphatic rings. The Bertz CT molecular complexity index is 838. The summed E-state index contributed by atoms with van der Waals surface area (Å²) in [4.78, 5) is 44.9. The lowest BCUT2D eigenvalue weighted by Crippen LogP contribution is -2.43. The molecule has 2 aromatic heterocycles. The van der Waals surface area contributed by atoms with E-state index in [0.717, 1.165) is 5.69 Å². The predicted octanol–water partition coefficient (Wildman–Crippen LogP) is 1.57. The third-order valence-electron chi connectivity index (χ3n) is 4.34. The number of piperidine rings is 1. The average Bonchev–Trinajstić information content (AvgIpc) is 2.62. The maximum absolute atomic E-state index is 12.4. The minimum absolute atomic E-state index is 0.0808. The standard InChI is InChI=1S/C18H20N4O3/c1-12-4-2-6-15(20-12)21-16(23)13-7-10-22(11-8-13)18(25)14-5-3-9-19-17(14)24/h2-6,9,13H,7-8,10-11H2,1H3,(H,19,24)(H,20,21,23). The Hall–Kier alpha value is -2.96. The molecule has 0 bridgehead atoms. The second kappa shape index (κ2) is 7.29. The van der Waals surface area contributed by atoms with Gasteiger partial charge in [-0.15, -0.1) is 0 Å². The summed E-state index contributed by atoms with van der Waals surface area (Å²) in [6.45, 7) is 2.77. The van der Waals surface area contributed by atoms with Crippen LogP contribution in [0.1, 0.15) is 28.9 Å². The molecule has 3 heterocycles. The summed E-state index contributed by atoms with van der Waals surface area (Å²) in [5.74, 6) is 0.00330. The lowest BCUT2D eigenvalue weighted by Gasteiger charge is -2.31. The molecule has 0 spiro atoms. The summed E-state index contributed by atoms with van der Waals surface area (Å²) in [5, 5.41) is 2.83. The Morgan fingerprint density at radius 3 is 2.64 bits per heavy atom. The van der Waals surface area contributed by atoms with Gasteiger partial charge in [0.25, 0.3) is 11.5 Å². The number of amides is 2. The maximum atomic E-state index is 12.4. The van der Waals surface area contributed by atoms with Crippen molar-refractivity contribution in [1.29, 1.82) is 0 Å². The summed E-state index contributed by atoms with van der Waals surface area (Å²) < 4.78 is 0. The number of anilines is 1. The number of hydrogen-bond acceptors (Lipinski definition) is 4. The molecule has 0 radical (unpaired) electrons. The molecular weight excluding hydrogens is 320 g/mol. The molecule has 0 aromatic carbocycles. The van der Waals surface area contributed by atoms with Gasteiger partial charge in [0.1, 0.15) is 11.4 Å². The zero-order valence-electron chi connectivity index (χ0n) is 14.0. The highest BCUT2D eigenvalue weighted by Gasteiger charge is 2.28. The Labute approximate surface area is 145 Å². The van der Waals surface area contributed by atoms with Gasteiger partial charge in [-0.3, -0.25) is 14.4 Å². The van der Waals surface area contributed by atoms with Crippen LogP contribution in [0.2, 0.25) is 0 Å². The molecule has 2 N–H and O–H groups in total. The van der Waals surface area contributed by atoms with Crippen LogP contribution >= 0.6 is 0 Å². The van der Waals surface area contributed by atoms with Crippen LogP contribution in [0.4, 0.5) is 5.82 Å². The van der Waals surface area contributed by atoms with Crippen LogP contribution in [-0.2, 0) is 4.79 Å². The highest BCUT2D eigenvalue weighted by atomic mass is 16.2. The first-order valence-electron chi connectivity index (χ1n) is 8.26. The third-order valence-corrected chi connectivity index (χ3v) is 4.34. The van der Waals surface area contributed by atoms with E-state index in [2.05, 4.69) is 15.3 Å². The fourth-order valence-corrected chi connectivity index (χ4v) is 2.95. The van der Waals surface area contributed by atoms with E-state index in [0.29, 0.717) is 31.7 Å². The summed E-state index contributed by atoms with van der Waals surface area (Å²) in [7, 11) is 0. The van der Waals surface area contributed by atoms with Gasteiger partial charge in [-0.2, -0.15) is 0 Å². The quantitative estimate of drug-likeness (QED) is 0.886. The van der Waals surface area contributed by atoms with Crippen LogP contribution in [0.25, 0.3) is 0 Å². The molecule has 25 heavy (non-hydrogen) atoms. The topological polar surface area (TPSA) is 95.2 Å². The number of aryl methyl sites for hydroxylation is 1. The number of pyridine rings is 2. The van der Waals surface area contributed by atoms with Crippen molar-refractivity contribution in [2.75, 3.05) is 18.4 Å². The zero-order chi connectivity index (χ0) is 17.8. The normalized spacial score (nSPS) is 15.0. The number of aromatic nitrogens is 2. The molecule has 3 rings (SSSR count). The van der Waals surface area contributed by atoms with E-state index in [1.807, 2.05) is 19.1 Å². The molecular formula is C18H20N4O3. The van der Waals surface area contributed by atoms with Gasteiger partial charge in [-0.25, -0.2) is 4.98 Å². The molecule has 0 saturated carbocycles. The van der Waals surface area contributed by atoms with Crippen molar-refractivity contribution in [2.45, 2.75) is 19.8 Å². The van der Waals surface area contributed by atoms with Gasteiger partial charge in [-0.1, -0.05) is 6.07 Å². The van der Waals surface area contributed by atoms with E-state index in [1.165, 1.54) is 12.3 Å². The first-order chi connectivity index (χ1) is 12.0. The molecule has 1 saturated heterocycles. The lowest BCUT2D eigenvalue weighted by molar-refractivity contribution is -0.121. The van der Waals surface area contributed by atoms with Crippen LogP contribution in [0.15, 0.2) is 41.3 Å². The van der Waals surface area contributed by atoms with Gasteiger partial charge < -0.3 is 15.2 Å². The second-order valence-corrected chi connectivity index (χ2v) is 6.13. The molecule has 1 aliphatic heterocycles. The Balaban J connectivity index is 1.58. The number of aromatic amines is 1. The van der Waals surface area contributed by atoms with Crippen LogP contribution in [0.5, 0.6) is 0 Å². The van der Waals surface area contributed by atoms with Gasteiger partial charge in [-0.05, 0) is 44.0 Å². The number of nitrogens with zero attached hydrogens (tertiary/aromatic N) is 2. The Morgan fingerprint density at radius 1 is 1.20 bits per heavy atom. The Kier molecular flexibility index (Phi) is 4.92. The monoisotopic (exact) mass is 340 g/mol. The number of carbonyl (C=O) groups is 2. The van der Waals surface area contributed by atoms with Gasteiger partial charge in [0.2, 0.25) is 5.91 Å². The summed E-state index contributed by atoms with van der Waals surface area (Å²) in [6.07, 6.45) is 2.62. The number of likely N-dealkylation sites (tertiary alicyclic amines) is 1. The van der Waals surface area contributed by atoms with E-state index >= 15 is 0 Å². The van der Waals surface area contributed by atoms with Crippen molar-refractivity contribution in [3.8, 4) is 0 Å². The zero-order valence-corrected chi connectivity index (χ0v) is 14.0. The maximum Gasteiger partial charge on any atom is 0.260 e. The van der Waals surface area contributed by atoms with E-state index in [4.69, 9.17) is 0 Å². The largest absolute Gasteiger partial charge is 0.338 e. The van der Waals surface area contributed by atoms with E-state index in [9.17, 15) is 14.4 Å². The van der Waals surface area contributed by atoms with E-state index < -0.39 is 5.56 Å². The third kappa shape index (κ3) is 3.93. The van der Waals surface area contributed by atoms with Gasteiger partial charge >= 0.3 is 0 Å². The van der Waals surface area contributed by atoms with Crippen LogP contribution in [0, 0.1) is 12.8 Å². The second-order valence-electron chi connectivity index (χ2n) is 6.13. The minimum Gasteiger partial charge on any atom is -0.338 e. The number of nitrogens with one attached hydrogen (secondary N) is 2. The molecule has 7 nitrogen and oxygen atoms in total. The molecule has 2 amide bonds. The molecule has 7 heteroatoms. The highest BCUT2D eigenvalue weighted by Crippen LogP contribution is 2.20. The molecule has 1 fully saturated rings. The fourth-order valence-electron chi connectivity index (χ4n) is 2.95. The van der Waals surface area contributed by atoms with E-state index in [1.54, 1.807) is 17.0 Å². The fraction of sp³-hybridized carbons (Fsp3) is 0.333. The van der Waals surface area contributed by atoms with Crippen molar-refractivity contribution in [2.24, 2.45) is 5.92 Å². The summed E-state index contributed by atoms with van der Waals surface area (Å²) in [6, 6.07) is 8.61. The van der Waals surface area contributed by atoms with E-state index in [-0.39, 0.29) is 23.3 Å². The predicted molar refractivity (Wildman–Crippen MR) is 93.3 cm³/mol. The summed E-state index contributed by atoms with van der Waals surface area (Å²) in [5.41, 5.74) is 0.582. The minimum atomic E-state index is -0.391.